The minimum atomic E-state index is -0.495. The summed E-state index contributed by atoms with van der Waals surface area (Å²) < 4.78 is 12.3. The maximum absolute atomic E-state index is 12.6. The van der Waals surface area contributed by atoms with Gasteiger partial charge in [0, 0.05) is 25.6 Å². The molecule has 1 aromatic carbocycles. The number of nitrogens with zero attached hydrogens (tertiary/aromatic N) is 5. The standard InChI is InChI=1S/C18H18N6O3S/c1-27-9-5-8-23-14-16(19-15(23)13-11-28-22-21-13)24(18(26)20-17(14)25)10-12-6-3-2-4-7-12/h2-4,6-7,11H,5,8-10H2,1H3,(H,20,25,26). The van der Waals surface area contributed by atoms with Gasteiger partial charge in [0.05, 0.1) is 6.54 Å². The first-order valence-corrected chi connectivity index (χ1v) is 9.56. The van der Waals surface area contributed by atoms with Crippen molar-refractivity contribution in [2.45, 2.75) is 19.5 Å². The molecule has 0 aliphatic carbocycles. The fourth-order valence-corrected chi connectivity index (χ4v) is 3.56. The number of benzene rings is 1. The first kappa shape index (κ1) is 18.3. The van der Waals surface area contributed by atoms with Gasteiger partial charge in [-0.2, -0.15) is 0 Å². The lowest BCUT2D eigenvalue weighted by molar-refractivity contribution is 0.191. The third-order valence-corrected chi connectivity index (χ3v) is 4.89. The largest absolute Gasteiger partial charge is 0.385 e. The molecular weight excluding hydrogens is 380 g/mol. The van der Waals surface area contributed by atoms with Gasteiger partial charge in [-0.05, 0) is 23.5 Å². The summed E-state index contributed by atoms with van der Waals surface area (Å²) in [5.41, 5.74) is 1.21. The van der Waals surface area contributed by atoms with Crippen LogP contribution in [0.1, 0.15) is 12.0 Å². The van der Waals surface area contributed by atoms with Crippen molar-refractivity contribution in [2.24, 2.45) is 0 Å². The summed E-state index contributed by atoms with van der Waals surface area (Å²) in [5, 5.41) is 5.86. The second kappa shape index (κ2) is 7.87. The quantitative estimate of drug-likeness (QED) is 0.473. The number of methoxy groups -OCH3 is 1. The summed E-state index contributed by atoms with van der Waals surface area (Å²) in [6, 6.07) is 9.55. The molecule has 0 saturated carbocycles. The highest BCUT2D eigenvalue weighted by molar-refractivity contribution is 7.03. The summed E-state index contributed by atoms with van der Waals surface area (Å²) in [6.07, 6.45) is 0.684. The molecule has 0 fully saturated rings. The van der Waals surface area contributed by atoms with Crippen LogP contribution in [0.5, 0.6) is 0 Å². The summed E-state index contributed by atoms with van der Waals surface area (Å²) in [5.74, 6) is 0.512. The highest BCUT2D eigenvalue weighted by Gasteiger charge is 2.21. The average molecular weight is 398 g/mol. The molecule has 4 rings (SSSR count). The molecule has 0 aliphatic rings. The maximum atomic E-state index is 12.6. The summed E-state index contributed by atoms with van der Waals surface area (Å²) >= 11 is 1.20. The number of fused-ring (bicyclic) bond motifs is 1. The molecule has 4 aromatic rings. The van der Waals surface area contributed by atoms with E-state index in [0.717, 1.165) is 5.56 Å². The Morgan fingerprint density at radius 1 is 1.18 bits per heavy atom. The summed E-state index contributed by atoms with van der Waals surface area (Å²) in [4.78, 5) is 32.2. The highest BCUT2D eigenvalue weighted by Crippen LogP contribution is 2.22. The van der Waals surface area contributed by atoms with Crippen molar-refractivity contribution in [3.05, 3.63) is 62.1 Å². The van der Waals surface area contributed by atoms with Gasteiger partial charge in [-0.25, -0.2) is 9.78 Å². The molecular formula is C18H18N6O3S. The molecule has 10 heteroatoms. The molecule has 0 radical (unpaired) electrons. The van der Waals surface area contributed by atoms with Crippen LogP contribution >= 0.6 is 11.5 Å². The number of hydrogen-bond acceptors (Lipinski definition) is 7. The first-order chi connectivity index (χ1) is 13.7. The Bertz CT molecular complexity index is 1190. The third kappa shape index (κ3) is 3.39. The minimum absolute atomic E-state index is 0.302. The number of rotatable bonds is 7. The fourth-order valence-electron chi connectivity index (χ4n) is 3.13. The van der Waals surface area contributed by atoms with E-state index >= 15 is 0 Å². The molecule has 28 heavy (non-hydrogen) atoms. The van der Waals surface area contributed by atoms with Gasteiger partial charge in [0.1, 0.15) is 5.69 Å². The Hall–Kier alpha value is -3.11. The van der Waals surface area contributed by atoms with E-state index in [2.05, 4.69) is 19.6 Å². The fraction of sp³-hybridized carbons (Fsp3) is 0.278. The van der Waals surface area contributed by atoms with E-state index in [-0.39, 0.29) is 0 Å². The van der Waals surface area contributed by atoms with Crippen molar-refractivity contribution >= 4 is 22.7 Å². The molecule has 9 nitrogen and oxygen atoms in total. The van der Waals surface area contributed by atoms with Crippen LogP contribution in [0.4, 0.5) is 0 Å². The Kier molecular flexibility index (Phi) is 5.13. The lowest BCUT2D eigenvalue weighted by Gasteiger charge is -2.08. The zero-order valence-electron chi connectivity index (χ0n) is 15.2. The van der Waals surface area contributed by atoms with Crippen molar-refractivity contribution < 1.29 is 4.74 Å². The van der Waals surface area contributed by atoms with Gasteiger partial charge in [0.15, 0.2) is 17.0 Å². The second-order valence-electron chi connectivity index (χ2n) is 6.23. The van der Waals surface area contributed by atoms with Crippen molar-refractivity contribution in [3.63, 3.8) is 0 Å². The number of nitrogens with one attached hydrogen (secondary N) is 1. The molecule has 3 heterocycles. The van der Waals surface area contributed by atoms with Crippen LogP contribution in [0.3, 0.4) is 0 Å². The predicted octanol–water partition coefficient (Wildman–Crippen LogP) is 1.49. The topological polar surface area (TPSA) is 108 Å². The summed E-state index contributed by atoms with van der Waals surface area (Å²) in [6.45, 7) is 1.34. The predicted molar refractivity (Wildman–Crippen MR) is 106 cm³/mol. The van der Waals surface area contributed by atoms with Crippen LogP contribution in [-0.4, -0.2) is 42.4 Å². The second-order valence-corrected chi connectivity index (χ2v) is 6.84. The van der Waals surface area contributed by atoms with Crippen LogP contribution in [0.15, 0.2) is 45.3 Å². The Morgan fingerprint density at radius 2 is 2.00 bits per heavy atom. The van der Waals surface area contributed by atoms with E-state index in [0.29, 0.717) is 48.8 Å². The molecule has 1 N–H and O–H groups in total. The smallest absolute Gasteiger partial charge is 0.330 e. The number of aryl methyl sites for hydroxylation is 1. The first-order valence-electron chi connectivity index (χ1n) is 8.72. The molecule has 0 spiro atoms. The van der Waals surface area contributed by atoms with Crippen molar-refractivity contribution in [1.29, 1.82) is 0 Å². The van der Waals surface area contributed by atoms with Gasteiger partial charge < -0.3 is 9.30 Å². The van der Waals surface area contributed by atoms with Gasteiger partial charge in [-0.1, -0.05) is 34.8 Å². The normalized spacial score (nSPS) is 11.3. The molecule has 0 aliphatic heterocycles. The maximum Gasteiger partial charge on any atom is 0.330 e. The van der Waals surface area contributed by atoms with E-state index in [1.165, 1.54) is 16.1 Å². The van der Waals surface area contributed by atoms with Crippen molar-refractivity contribution in [1.82, 2.24) is 28.7 Å². The van der Waals surface area contributed by atoms with Gasteiger partial charge in [-0.15, -0.1) is 5.10 Å². The van der Waals surface area contributed by atoms with Gasteiger partial charge in [0.25, 0.3) is 5.56 Å². The molecule has 144 valence electrons. The van der Waals surface area contributed by atoms with E-state index in [4.69, 9.17) is 4.74 Å². The SMILES string of the molecule is COCCCn1c(-c2csnn2)nc2c1c(=O)[nH]c(=O)n2Cc1ccccc1. The molecule has 0 amide bonds. The number of aromatic nitrogens is 6. The molecule has 3 aromatic heterocycles. The van der Waals surface area contributed by atoms with E-state index in [1.807, 2.05) is 30.3 Å². The molecule has 0 atom stereocenters. The molecule has 0 bridgehead atoms. The van der Waals surface area contributed by atoms with E-state index in [9.17, 15) is 9.59 Å². The van der Waals surface area contributed by atoms with Gasteiger partial charge in [0.2, 0.25) is 0 Å². The number of hydrogen-bond donors (Lipinski definition) is 1. The zero-order chi connectivity index (χ0) is 19.5. The van der Waals surface area contributed by atoms with Gasteiger partial charge >= 0.3 is 5.69 Å². The average Bonchev–Trinajstić information content (AvgIpc) is 3.34. The van der Waals surface area contributed by atoms with Crippen LogP contribution in [0.2, 0.25) is 0 Å². The Morgan fingerprint density at radius 3 is 2.71 bits per heavy atom. The number of H-pyrrole nitrogens is 1. The number of ether oxygens (including phenoxy) is 1. The van der Waals surface area contributed by atoms with Crippen LogP contribution in [0.25, 0.3) is 22.7 Å². The van der Waals surface area contributed by atoms with Gasteiger partial charge in [-0.3, -0.25) is 14.3 Å². The Balaban J connectivity index is 1.93. The minimum Gasteiger partial charge on any atom is -0.385 e. The summed E-state index contributed by atoms with van der Waals surface area (Å²) in [7, 11) is 1.63. The molecule has 0 saturated heterocycles. The lowest BCUT2D eigenvalue weighted by atomic mass is 10.2. The van der Waals surface area contributed by atoms with Crippen LogP contribution in [0, 0.1) is 0 Å². The van der Waals surface area contributed by atoms with Crippen molar-refractivity contribution in [2.75, 3.05) is 13.7 Å². The number of aromatic amines is 1. The highest BCUT2D eigenvalue weighted by atomic mass is 32.1. The van der Waals surface area contributed by atoms with E-state index < -0.39 is 11.2 Å². The van der Waals surface area contributed by atoms with Crippen LogP contribution < -0.4 is 11.2 Å². The molecule has 0 unspecified atom stereocenters. The van der Waals surface area contributed by atoms with Crippen LogP contribution in [-0.2, 0) is 17.8 Å². The number of imidazole rings is 1. The monoisotopic (exact) mass is 398 g/mol. The van der Waals surface area contributed by atoms with Crippen molar-refractivity contribution in [3.8, 4) is 11.5 Å². The lowest BCUT2D eigenvalue weighted by Crippen LogP contribution is -2.31. The third-order valence-electron chi connectivity index (χ3n) is 4.39. The Labute approximate surface area is 163 Å². The van der Waals surface area contributed by atoms with E-state index in [1.54, 1.807) is 17.1 Å². The zero-order valence-corrected chi connectivity index (χ0v) is 16.0.